The van der Waals surface area contributed by atoms with Crippen LogP contribution in [0.15, 0.2) is 36.4 Å². The first kappa shape index (κ1) is 16.4. The zero-order valence-corrected chi connectivity index (χ0v) is 14.7. The summed E-state index contributed by atoms with van der Waals surface area (Å²) in [7, 11) is 0. The van der Waals surface area contributed by atoms with E-state index in [9.17, 15) is 10.2 Å². The molecule has 146 valence electrons. The molecule has 8 nitrogen and oxygen atoms in total. The molecule has 0 radical (unpaired) electrons. The number of fused-ring (bicyclic) bond motifs is 3. The fourth-order valence-electron chi connectivity index (χ4n) is 4.51. The third-order valence-corrected chi connectivity index (χ3v) is 5.86. The number of aliphatic hydroxyl groups excluding tert-OH is 1. The topological polar surface area (TPSA) is 95.8 Å². The van der Waals surface area contributed by atoms with Crippen molar-refractivity contribution in [2.45, 2.75) is 24.1 Å². The molecule has 4 aliphatic heterocycles. The van der Waals surface area contributed by atoms with Gasteiger partial charge in [0.15, 0.2) is 29.3 Å². The lowest BCUT2D eigenvalue weighted by Crippen LogP contribution is -2.40. The Kier molecular flexibility index (Phi) is 3.37. The van der Waals surface area contributed by atoms with E-state index in [2.05, 4.69) is 0 Å². The van der Waals surface area contributed by atoms with Crippen LogP contribution in [0.25, 0.3) is 0 Å². The van der Waals surface area contributed by atoms with Gasteiger partial charge in [-0.1, -0.05) is 12.1 Å². The lowest BCUT2D eigenvalue weighted by atomic mass is 9.80. The molecule has 0 aromatic heterocycles. The number of rotatable bonds is 2. The van der Waals surface area contributed by atoms with Crippen LogP contribution < -0.4 is 18.9 Å². The molecule has 4 aliphatic rings. The summed E-state index contributed by atoms with van der Waals surface area (Å²) in [4.78, 5) is 0. The Labute approximate surface area is 160 Å². The van der Waals surface area contributed by atoms with Gasteiger partial charge >= 0.3 is 0 Å². The van der Waals surface area contributed by atoms with Gasteiger partial charge in [0.05, 0.1) is 18.6 Å². The van der Waals surface area contributed by atoms with Gasteiger partial charge in [-0.25, -0.2) is 0 Å². The van der Waals surface area contributed by atoms with Crippen molar-refractivity contribution in [2.24, 2.45) is 5.92 Å². The third kappa shape index (κ3) is 2.20. The van der Waals surface area contributed by atoms with E-state index in [4.69, 9.17) is 28.4 Å². The van der Waals surface area contributed by atoms with Gasteiger partial charge in [0.1, 0.15) is 11.7 Å². The van der Waals surface area contributed by atoms with Crippen molar-refractivity contribution in [3.05, 3.63) is 47.5 Å². The van der Waals surface area contributed by atoms with Gasteiger partial charge in [0.25, 0.3) is 0 Å². The quantitative estimate of drug-likeness (QED) is 0.805. The van der Waals surface area contributed by atoms with Crippen molar-refractivity contribution < 1.29 is 38.6 Å². The zero-order valence-electron chi connectivity index (χ0n) is 14.7. The van der Waals surface area contributed by atoms with E-state index in [1.54, 1.807) is 24.3 Å². The van der Waals surface area contributed by atoms with Crippen molar-refractivity contribution in [2.75, 3.05) is 20.2 Å². The van der Waals surface area contributed by atoms with Crippen LogP contribution in [-0.4, -0.2) is 42.3 Å². The second kappa shape index (κ2) is 5.74. The van der Waals surface area contributed by atoms with Crippen LogP contribution >= 0.6 is 0 Å². The maximum atomic E-state index is 11.5. The molecular formula is C20H18O8. The molecule has 0 aliphatic carbocycles. The summed E-state index contributed by atoms with van der Waals surface area (Å²) in [6, 6.07) is 10.8. The average Bonchev–Trinajstić information content (AvgIpc) is 3.45. The molecule has 2 aromatic rings. The van der Waals surface area contributed by atoms with Gasteiger partial charge in [-0.05, 0) is 35.4 Å². The molecule has 8 heteroatoms. The molecule has 28 heavy (non-hydrogen) atoms. The summed E-state index contributed by atoms with van der Waals surface area (Å²) in [5.74, 6) is 1.87. The first-order valence-electron chi connectivity index (χ1n) is 9.10. The highest BCUT2D eigenvalue weighted by Gasteiger charge is 2.63. The SMILES string of the molecule is O[C@@H]1O[C@H](c2ccc3c(c2)OCO3)[C@@]2(O)CO[C@H](c3ccc4c(c3)OCO4)[C@@H]12. The molecule has 2 fully saturated rings. The molecular weight excluding hydrogens is 368 g/mol. The maximum absolute atomic E-state index is 11.5. The molecule has 5 atom stereocenters. The lowest BCUT2D eigenvalue weighted by Gasteiger charge is -2.27. The Morgan fingerprint density at radius 3 is 2.14 bits per heavy atom. The third-order valence-electron chi connectivity index (χ3n) is 5.86. The molecule has 2 aromatic carbocycles. The monoisotopic (exact) mass is 386 g/mol. The van der Waals surface area contributed by atoms with Gasteiger partial charge in [-0.15, -0.1) is 0 Å². The number of hydrogen-bond acceptors (Lipinski definition) is 8. The van der Waals surface area contributed by atoms with E-state index in [1.165, 1.54) is 0 Å². The second-order valence-electron chi connectivity index (χ2n) is 7.38. The minimum atomic E-state index is -1.38. The zero-order chi connectivity index (χ0) is 18.9. The van der Waals surface area contributed by atoms with Gasteiger partial charge in [-0.3, -0.25) is 0 Å². The van der Waals surface area contributed by atoms with Crippen LogP contribution in [0, 0.1) is 5.92 Å². The van der Waals surface area contributed by atoms with E-state index in [0.717, 1.165) is 5.56 Å². The highest BCUT2D eigenvalue weighted by atomic mass is 16.7. The molecule has 0 bridgehead atoms. The van der Waals surface area contributed by atoms with Crippen LogP contribution in [0.4, 0.5) is 0 Å². The van der Waals surface area contributed by atoms with E-state index >= 15 is 0 Å². The molecule has 0 saturated carbocycles. The highest BCUT2D eigenvalue weighted by Crippen LogP contribution is 2.56. The Morgan fingerprint density at radius 1 is 0.821 bits per heavy atom. The highest BCUT2D eigenvalue weighted by molar-refractivity contribution is 5.47. The second-order valence-corrected chi connectivity index (χ2v) is 7.38. The molecule has 0 unspecified atom stereocenters. The van der Waals surface area contributed by atoms with Crippen molar-refractivity contribution >= 4 is 0 Å². The molecule has 0 amide bonds. The largest absolute Gasteiger partial charge is 0.454 e. The van der Waals surface area contributed by atoms with Gasteiger partial charge in [-0.2, -0.15) is 0 Å². The number of hydrogen-bond donors (Lipinski definition) is 2. The smallest absolute Gasteiger partial charge is 0.231 e. The van der Waals surface area contributed by atoms with Gasteiger partial charge in [0.2, 0.25) is 13.6 Å². The number of benzene rings is 2. The molecule has 4 heterocycles. The predicted molar refractivity (Wildman–Crippen MR) is 92.1 cm³/mol. The van der Waals surface area contributed by atoms with Crippen molar-refractivity contribution in [3.63, 3.8) is 0 Å². The maximum Gasteiger partial charge on any atom is 0.231 e. The van der Waals surface area contributed by atoms with E-state index in [-0.39, 0.29) is 20.2 Å². The number of ether oxygens (including phenoxy) is 6. The first-order valence-corrected chi connectivity index (χ1v) is 9.10. The standard InChI is InChI=1S/C20H18O8/c21-19-16-17(10-1-3-12-14(5-10)26-8-24-12)23-7-20(16,22)18(28-19)11-2-4-13-15(6-11)27-9-25-13/h1-6,16-19,21-22H,7-9H2/t16-,17+,18+,19+,20+/m0/s1. The Hall–Kier alpha value is -2.52. The molecule has 0 spiro atoms. The Balaban J connectivity index is 1.34. The van der Waals surface area contributed by atoms with Crippen LogP contribution in [-0.2, 0) is 9.47 Å². The number of aliphatic hydroxyl groups is 2. The fourth-order valence-corrected chi connectivity index (χ4v) is 4.51. The summed E-state index contributed by atoms with van der Waals surface area (Å²) in [5, 5.41) is 22.1. The van der Waals surface area contributed by atoms with Gasteiger partial charge < -0.3 is 38.6 Å². The van der Waals surface area contributed by atoms with Crippen molar-refractivity contribution in [1.82, 2.24) is 0 Å². The minimum absolute atomic E-state index is 0.0347. The van der Waals surface area contributed by atoms with E-state index < -0.39 is 30.0 Å². The first-order chi connectivity index (χ1) is 13.6. The lowest BCUT2D eigenvalue weighted by molar-refractivity contribution is -0.140. The average molecular weight is 386 g/mol. The summed E-state index contributed by atoms with van der Waals surface area (Å²) in [6.45, 7) is 0.373. The van der Waals surface area contributed by atoms with Crippen molar-refractivity contribution in [1.29, 1.82) is 0 Å². The van der Waals surface area contributed by atoms with Crippen LogP contribution in [0.3, 0.4) is 0 Å². The summed E-state index contributed by atoms with van der Waals surface area (Å²) >= 11 is 0. The van der Waals surface area contributed by atoms with Crippen molar-refractivity contribution in [3.8, 4) is 23.0 Å². The van der Waals surface area contributed by atoms with E-state index in [0.29, 0.717) is 28.6 Å². The minimum Gasteiger partial charge on any atom is -0.454 e. The summed E-state index contributed by atoms with van der Waals surface area (Å²) < 4.78 is 33.3. The molecule has 2 saturated heterocycles. The van der Waals surface area contributed by atoms with Gasteiger partial charge in [0, 0.05) is 0 Å². The Bertz CT molecular complexity index is 946. The van der Waals surface area contributed by atoms with Crippen LogP contribution in [0.1, 0.15) is 23.3 Å². The predicted octanol–water partition coefficient (Wildman–Crippen LogP) is 1.65. The molecule has 6 rings (SSSR count). The van der Waals surface area contributed by atoms with Crippen LogP contribution in [0.2, 0.25) is 0 Å². The van der Waals surface area contributed by atoms with E-state index in [1.807, 2.05) is 12.1 Å². The molecule has 2 N–H and O–H groups in total. The normalized spacial score (nSPS) is 34.6. The van der Waals surface area contributed by atoms with Crippen LogP contribution in [0.5, 0.6) is 23.0 Å². The fraction of sp³-hybridized carbons (Fsp3) is 0.400. The summed E-state index contributed by atoms with van der Waals surface area (Å²) in [5.41, 5.74) is 0.108. The Morgan fingerprint density at radius 2 is 1.43 bits per heavy atom. The summed E-state index contributed by atoms with van der Waals surface area (Å²) in [6.07, 6.45) is -2.46.